The molecule has 1 N–H and O–H groups in total. The van der Waals surface area contributed by atoms with Gasteiger partial charge in [0.15, 0.2) is 15.0 Å². The quantitative estimate of drug-likeness (QED) is 0.864. The Bertz CT molecular complexity index is 885. The van der Waals surface area contributed by atoms with Gasteiger partial charge in [0.1, 0.15) is 5.75 Å². The van der Waals surface area contributed by atoms with Gasteiger partial charge in [0.2, 0.25) is 5.91 Å². The van der Waals surface area contributed by atoms with Crippen molar-refractivity contribution in [2.45, 2.75) is 44.8 Å². The largest absolute Gasteiger partial charge is 0.301 e. The van der Waals surface area contributed by atoms with Crippen molar-refractivity contribution in [2.75, 3.05) is 11.1 Å². The molecule has 2 aromatic rings. The third-order valence-corrected chi connectivity index (χ3v) is 7.30. The molecule has 0 saturated heterocycles. The van der Waals surface area contributed by atoms with E-state index >= 15 is 0 Å². The Hall–Kier alpha value is -1.73. The smallest absolute Gasteiger partial charge is 0.241 e. The van der Waals surface area contributed by atoms with E-state index < -0.39 is 26.7 Å². The zero-order valence-corrected chi connectivity index (χ0v) is 16.0. The zero-order valence-electron chi connectivity index (χ0n) is 14.4. The monoisotopic (exact) mass is 378 g/mol. The average Bonchev–Trinajstić information content (AvgIpc) is 3.02. The molecule has 3 rings (SSSR count). The summed E-state index contributed by atoms with van der Waals surface area (Å²) in [5, 5.41) is 4.34. The number of nitrogens with one attached hydrogen (secondary N) is 1. The number of aryl methyl sites for hydroxylation is 2. The highest BCUT2D eigenvalue weighted by molar-refractivity contribution is 7.92. The van der Waals surface area contributed by atoms with Crippen LogP contribution in [0.4, 0.5) is 5.13 Å². The van der Waals surface area contributed by atoms with E-state index in [0.717, 1.165) is 24.1 Å². The summed E-state index contributed by atoms with van der Waals surface area (Å²) in [5.41, 5.74) is 4.63. The van der Waals surface area contributed by atoms with Crippen molar-refractivity contribution in [3.63, 3.8) is 0 Å². The summed E-state index contributed by atoms with van der Waals surface area (Å²) in [6.45, 7) is 3.14. The topological polar surface area (TPSA) is 76.1 Å². The number of aromatic nitrogens is 1. The number of anilines is 1. The van der Waals surface area contributed by atoms with Gasteiger partial charge in [0.25, 0.3) is 0 Å². The lowest BCUT2D eigenvalue weighted by molar-refractivity contribution is -0.113. The van der Waals surface area contributed by atoms with E-state index in [4.69, 9.17) is 0 Å². The van der Waals surface area contributed by atoms with Crippen LogP contribution in [0, 0.1) is 0 Å². The molecule has 7 heteroatoms. The van der Waals surface area contributed by atoms with Crippen LogP contribution in [-0.2, 0) is 27.5 Å². The van der Waals surface area contributed by atoms with Crippen LogP contribution in [0.1, 0.15) is 37.8 Å². The first kappa shape index (κ1) is 18.1. The first-order valence-electron chi connectivity index (χ1n) is 8.44. The fourth-order valence-electron chi connectivity index (χ4n) is 2.86. The van der Waals surface area contributed by atoms with E-state index in [2.05, 4.69) is 28.5 Å². The van der Waals surface area contributed by atoms with E-state index in [1.165, 1.54) is 35.3 Å². The lowest BCUT2D eigenvalue weighted by atomic mass is 9.90. The van der Waals surface area contributed by atoms with E-state index in [0.29, 0.717) is 5.13 Å². The number of hydrogen-bond donors (Lipinski definition) is 1. The average molecular weight is 379 g/mol. The van der Waals surface area contributed by atoms with E-state index in [-0.39, 0.29) is 0 Å². The normalized spacial score (nSPS) is 14.4. The molecule has 0 saturated carbocycles. The molecule has 25 heavy (non-hydrogen) atoms. The Kier molecular flexibility index (Phi) is 5.24. The lowest BCUT2D eigenvalue weighted by Crippen LogP contribution is -2.27. The van der Waals surface area contributed by atoms with Gasteiger partial charge in [-0.05, 0) is 56.7 Å². The number of carbonyl (C=O) groups excluding carboxylic acids is 1. The molecule has 0 radical (unpaired) electrons. The molecule has 134 valence electrons. The second-order valence-corrected chi connectivity index (χ2v) is 10.0. The molecular weight excluding hydrogens is 356 g/mol. The highest BCUT2D eigenvalue weighted by atomic mass is 32.2. The van der Waals surface area contributed by atoms with Crippen molar-refractivity contribution in [3.8, 4) is 11.3 Å². The standard InChI is InChI=1S/C18H22N2O3S2/c1-12(2)25(22,23)11-17(21)20-18-19-16(10-24-18)15-8-7-13-5-3-4-6-14(13)9-15/h7-10,12H,3-6,11H2,1-2H3,(H,19,20,21). The van der Waals surface area contributed by atoms with Crippen LogP contribution < -0.4 is 5.32 Å². The minimum absolute atomic E-state index is 0.427. The van der Waals surface area contributed by atoms with E-state index in [1.54, 1.807) is 13.8 Å². The highest BCUT2D eigenvalue weighted by Gasteiger charge is 2.21. The van der Waals surface area contributed by atoms with Gasteiger partial charge >= 0.3 is 0 Å². The number of hydrogen-bond acceptors (Lipinski definition) is 5. The predicted molar refractivity (Wildman–Crippen MR) is 102 cm³/mol. The number of thiazole rings is 1. The number of sulfone groups is 1. The molecular formula is C18H22N2O3S2. The van der Waals surface area contributed by atoms with Gasteiger partial charge in [0, 0.05) is 10.9 Å². The summed E-state index contributed by atoms with van der Waals surface area (Å²) in [6, 6.07) is 6.41. The van der Waals surface area contributed by atoms with Crippen molar-refractivity contribution < 1.29 is 13.2 Å². The molecule has 0 unspecified atom stereocenters. The molecule has 0 aliphatic heterocycles. The number of amides is 1. The molecule has 1 aromatic heterocycles. The second kappa shape index (κ2) is 7.25. The van der Waals surface area contributed by atoms with Crippen LogP contribution in [0.5, 0.6) is 0 Å². The van der Waals surface area contributed by atoms with Crippen LogP contribution in [-0.4, -0.2) is 30.3 Å². The van der Waals surface area contributed by atoms with E-state index in [9.17, 15) is 13.2 Å². The van der Waals surface area contributed by atoms with Gasteiger partial charge in [0.05, 0.1) is 10.9 Å². The van der Waals surface area contributed by atoms with Gasteiger partial charge in [-0.25, -0.2) is 13.4 Å². The van der Waals surface area contributed by atoms with Crippen LogP contribution >= 0.6 is 11.3 Å². The maximum absolute atomic E-state index is 11.9. The second-order valence-electron chi connectivity index (χ2n) is 6.63. The number of benzene rings is 1. The van der Waals surface area contributed by atoms with Gasteiger partial charge < -0.3 is 5.32 Å². The van der Waals surface area contributed by atoms with Crippen LogP contribution in [0.15, 0.2) is 23.6 Å². The van der Waals surface area contributed by atoms with Gasteiger partial charge in [-0.3, -0.25) is 4.79 Å². The Labute approximate surface area is 152 Å². The molecule has 1 heterocycles. The lowest BCUT2D eigenvalue weighted by Gasteiger charge is -2.16. The minimum Gasteiger partial charge on any atom is -0.301 e. The molecule has 1 amide bonds. The summed E-state index contributed by atoms with van der Waals surface area (Å²) in [7, 11) is -3.41. The molecule has 0 atom stereocenters. The van der Waals surface area contributed by atoms with Crippen LogP contribution in [0.25, 0.3) is 11.3 Å². The number of nitrogens with zero attached hydrogens (tertiary/aromatic N) is 1. The van der Waals surface area contributed by atoms with Crippen LogP contribution in [0.3, 0.4) is 0 Å². The third kappa shape index (κ3) is 4.27. The SMILES string of the molecule is CC(C)S(=O)(=O)CC(=O)Nc1nc(-c2ccc3c(c2)CCCC3)cs1. The van der Waals surface area contributed by atoms with Crippen molar-refractivity contribution in [1.82, 2.24) is 4.98 Å². The third-order valence-electron chi connectivity index (χ3n) is 4.45. The fraction of sp³-hybridized carbons (Fsp3) is 0.444. The number of fused-ring (bicyclic) bond motifs is 1. The maximum atomic E-state index is 11.9. The summed E-state index contributed by atoms with van der Waals surface area (Å²) < 4.78 is 23.6. The van der Waals surface area contributed by atoms with Crippen molar-refractivity contribution in [2.24, 2.45) is 0 Å². The Morgan fingerprint density at radius 3 is 2.68 bits per heavy atom. The highest BCUT2D eigenvalue weighted by Crippen LogP contribution is 2.29. The molecule has 1 aliphatic rings. The Balaban J connectivity index is 1.71. The summed E-state index contributed by atoms with van der Waals surface area (Å²) in [4.78, 5) is 16.4. The summed E-state index contributed by atoms with van der Waals surface area (Å²) in [5.74, 6) is -1.06. The molecule has 5 nitrogen and oxygen atoms in total. The molecule has 1 aliphatic carbocycles. The van der Waals surface area contributed by atoms with Crippen LogP contribution in [0.2, 0.25) is 0 Å². The first-order chi connectivity index (χ1) is 11.8. The Morgan fingerprint density at radius 2 is 1.96 bits per heavy atom. The minimum atomic E-state index is -3.41. The maximum Gasteiger partial charge on any atom is 0.241 e. The van der Waals surface area contributed by atoms with Gasteiger partial charge in [-0.15, -0.1) is 11.3 Å². The van der Waals surface area contributed by atoms with Crippen molar-refractivity contribution >= 4 is 32.2 Å². The molecule has 0 bridgehead atoms. The number of carbonyl (C=O) groups is 1. The summed E-state index contributed by atoms with van der Waals surface area (Å²) in [6.07, 6.45) is 4.71. The van der Waals surface area contributed by atoms with Crippen molar-refractivity contribution in [3.05, 3.63) is 34.7 Å². The van der Waals surface area contributed by atoms with Gasteiger partial charge in [-0.1, -0.05) is 12.1 Å². The van der Waals surface area contributed by atoms with Crippen molar-refractivity contribution in [1.29, 1.82) is 0 Å². The Morgan fingerprint density at radius 1 is 1.24 bits per heavy atom. The predicted octanol–water partition coefficient (Wildman–Crippen LogP) is 3.45. The molecule has 0 fully saturated rings. The first-order valence-corrected chi connectivity index (χ1v) is 11.0. The number of rotatable bonds is 5. The molecule has 1 aromatic carbocycles. The summed E-state index contributed by atoms with van der Waals surface area (Å²) >= 11 is 1.31. The van der Waals surface area contributed by atoms with E-state index in [1.807, 2.05) is 5.38 Å². The fourth-order valence-corrected chi connectivity index (χ4v) is 4.37. The zero-order chi connectivity index (χ0) is 18.0. The van der Waals surface area contributed by atoms with Gasteiger partial charge in [-0.2, -0.15) is 0 Å². The molecule has 0 spiro atoms.